The highest BCUT2D eigenvalue weighted by Crippen LogP contribution is 2.47. The minimum atomic E-state index is -0.700. The van der Waals surface area contributed by atoms with Crippen LogP contribution in [0.25, 0.3) is 0 Å². The highest BCUT2D eigenvalue weighted by molar-refractivity contribution is 6.12. The van der Waals surface area contributed by atoms with Gasteiger partial charge in [0.1, 0.15) is 12.8 Å². The normalized spacial score (nSPS) is 18.0. The number of hydrogen-bond donors (Lipinski definition) is 2. The Balaban J connectivity index is 1.43. The van der Waals surface area contributed by atoms with Crippen LogP contribution in [0.2, 0.25) is 0 Å². The Morgan fingerprint density at radius 3 is 2.43 bits per heavy atom. The number of rotatable bonds is 8. The molecule has 3 aromatic rings. The number of oxime groups is 1. The van der Waals surface area contributed by atoms with Gasteiger partial charge in [-0.15, -0.1) is 0 Å². The van der Waals surface area contributed by atoms with E-state index in [1.165, 1.54) is 0 Å². The third-order valence-corrected chi connectivity index (χ3v) is 5.37. The summed E-state index contributed by atoms with van der Waals surface area (Å²) >= 11 is 0. The molecule has 5 heteroatoms. The maximum absolute atomic E-state index is 11.1. The summed E-state index contributed by atoms with van der Waals surface area (Å²) < 4.78 is 0. The SMILES string of the molecule is CON=C(c1ccccc1)c1cccc(CNc2ccc(C3CC3C(=O)O)cc2)c1. The molecule has 1 fully saturated rings. The zero-order chi connectivity index (χ0) is 20.9. The number of benzene rings is 3. The Labute approximate surface area is 176 Å². The van der Waals surface area contributed by atoms with Gasteiger partial charge in [0.05, 0.1) is 5.92 Å². The van der Waals surface area contributed by atoms with Gasteiger partial charge in [-0.1, -0.05) is 65.8 Å². The third kappa shape index (κ3) is 4.51. The van der Waals surface area contributed by atoms with Crippen LogP contribution >= 0.6 is 0 Å². The van der Waals surface area contributed by atoms with Gasteiger partial charge in [-0.05, 0) is 41.7 Å². The van der Waals surface area contributed by atoms with Crippen LogP contribution < -0.4 is 5.32 Å². The van der Waals surface area contributed by atoms with Gasteiger partial charge in [0.15, 0.2) is 0 Å². The Kier molecular flexibility index (Phi) is 5.80. The van der Waals surface area contributed by atoms with Gasteiger partial charge in [0.25, 0.3) is 0 Å². The van der Waals surface area contributed by atoms with Crippen molar-refractivity contribution in [3.63, 3.8) is 0 Å². The van der Waals surface area contributed by atoms with Crippen LogP contribution in [0.1, 0.15) is 34.6 Å². The lowest BCUT2D eigenvalue weighted by Crippen LogP contribution is -2.06. The highest BCUT2D eigenvalue weighted by atomic mass is 16.6. The van der Waals surface area contributed by atoms with Gasteiger partial charge in [-0.2, -0.15) is 0 Å². The van der Waals surface area contributed by atoms with Crippen LogP contribution in [0.3, 0.4) is 0 Å². The van der Waals surface area contributed by atoms with Gasteiger partial charge < -0.3 is 15.3 Å². The third-order valence-electron chi connectivity index (χ3n) is 5.37. The van der Waals surface area contributed by atoms with Crippen molar-refractivity contribution >= 4 is 17.4 Å². The maximum atomic E-state index is 11.1. The summed E-state index contributed by atoms with van der Waals surface area (Å²) in [7, 11) is 1.55. The van der Waals surface area contributed by atoms with Gasteiger partial charge in [-0.25, -0.2) is 0 Å². The molecule has 0 heterocycles. The number of hydrogen-bond acceptors (Lipinski definition) is 4. The van der Waals surface area contributed by atoms with Crippen LogP contribution in [-0.2, 0) is 16.2 Å². The van der Waals surface area contributed by atoms with Gasteiger partial charge in [0.2, 0.25) is 0 Å². The maximum Gasteiger partial charge on any atom is 0.307 e. The fourth-order valence-electron chi connectivity index (χ4n) is 3.68. The largest absolute Gasteiger partial charge is 0.481 e. The number of carboxylic acids is 1. The van der Waals surface area contributed by atoms with Crippen LogP contribution in [0.5, 0.6) is 0 Å². The molecule has 0 bridgehead atoms. The topological polar surface area (TPSA) is 70.9 Å². The first-order valence-corrected chi connectivity index (χ1v) is 9.98. The summed E-state index contributed by atoms with van der Waals surface area (Å²) in [5.41, 5.74) is 6.01. The molecular weight excluding hydrogens is 376 g/mol. The van der Waals surface area contributed by atoms with Crippen molar-refractivity contribution in [2.24, 2.45) is 11.1 Å². The van der Waals surface area contributed by atoms with Crippen LogP contribution in [0.4, 0.5) is 5.69 Å². The van der Waals surface area contributed by atoms with E-state index in [0.29, 0.717) is 6.54 Å². The lowest BCUT2D eigenvalue weighted by molar-refractivity contribution is -0.138. The van der Waals surface area contributed by atoms with E-state index in [9.17, 15) is 4.79 Å². The summed E-state index contributed by atoms with van der Waals surface area (Å²) in [6.45, 7) is 0.670. The van der Waals surface area contributed by atoms with Crippen LogP contribution in [0.15, 0.2) is 84.0 Å². The summed E-state index contributed by atoms with van der Waals surface area (Å²) in [5.74, 6) is -0.766. The Morgan fingerprint density at radius 1 is 1.03 bits per heavy atom. The van der Waals surface area contributed by atoms with E-state index in [1.807, 2.05) is 66.7 Å². The molecule has 1 aliphatic carbocycles. The predicted molar refractivity (Wildman–Crippen MR) is 118 cm³/mol. The zero-order valence-electron chi connectivity index (χ0n) is 16.8. The number of anilines is 1. The number of nitrogens with one attached hydrogen (secondary N) is 1. The highest BCUT2D eigenvalue weighted by Gasteiger charge is 2.43. The zero-order valence-corrected chi connectivity index (χ0v) is 16.8. The molecule has 0 aromatic heterocycles. The van der Waals surface area contributed by atoms with Gasteiger partial charge in [0, 0.05) is 23.4 Å². The molecule has 0 radical (unpaired) electrons. The minimum Gasteiger partial charge on any atom is -0.481 e. The molecule has 2 atom stereocenters. The first-order valence-electron chi connectivity index (χ1n) is 9.98. The molecule has 0 spiro atoms. The predicted octanol–water partition coefficient (Wildman–Crippen LogP) is 4.89. The molecule has 2 N–H and O–H groups in total. The summed E-state index contributed by atoms with van der Waals surface area (Å²) in [6, 6.07) is 26.2. The first kappa shape index (κ1) is 19.7. The summed E-state index contributed by atoms with van der Waals surface area (Å²) in [6.07, 6.45) is 0.738. The number of carbonyl (C=O) groups is 1. The van der Waals surface area contributed by atoms with Crippen molar-refractivity contribution in [1.82, 2.24) is 0 Å². The van der Waals surface area contributed by atoms with Crippen molar-refractivity contribution in [2.45, 2.75) is 18.9 Å². The van der Waals surface area contributed by atoms with Gasteiger partial charge in [-0.3, -0.25) is 4.79 Å². The Morgan fingerprint density at radius 2 is 1.77 bits per heavy atom. The molecule has 1 aliphatic rings. The monoisotopic (exact) mass is 400 g/mol. The van der Waals surface area contributed by atoms with E-state index >= 15 is 0 Å². The van der Waals surface area contributed by atoms with E-state index in [2.05, 4.69) is 22.6 Å². The average Bonchev–Trinajstić information content (AvgIpc) is 3.59. The standard InChI is InChI=1S/C25H24N2O3/c1-30-27-24(19-7-3-2-4-8-19)20-9-5-6-17(14-20)16-26-21-12-10-18(11-13-21)22-15-23(22)25(28)29/h2-14,22-23,26H,15-16H2,1H3,(H,28,29). The van der Waals surface area contributed by atoms with E-state index in [-0.39, 0.29) is 11.8 Å². The molecule has 0 saturated heterocycles. The molecule has 4 rings (SSSR count). The summed E-state index contributed by atoms with van der Waals surface area (Å²) in [5, 5.41) is 16.8. The molecule has 30 heavy (non-hydrogen) atoms. The lowest BCUT2D eigenvalue weighted by Gasteiger charge is -2.11. The second-order valence-electron chi connectivity index (χ2n) is 7.45. The Hall–Kier alpha value is -3.60. The quantitative estimate of drug-likeness (QED) is 0.417. The molecule has 0 amide bonds. The Bertz CT molecular complexity index is 1050. The van der Waals surface area contributed by atoms with E-state index < -0.39 is 5.97 Å². The van der Waals surface area contributed by atoms with Crippen molar-refractivity contribution in [3.05, 3.63) is 101 Å². The smallest absolute Gasteiger partial charge is 0.307 e. The minimum absolute atomic E-state index is 0.157. The second-order valence-corrected chi connectivity index (χ2v) is 7.45. The molecule has 3 aromatic carbocycles. The first-order chi connectivity index (χ1) is 14.7. The number of carboxylic acid groups (broad SMARTS) is 1. The second kappa shape index (κ2) is 8.82. The van der Waals surface area contributed by atoms with Crippen LogP contribution in [-0.4, -0.2) is 23.9 Å². The molecule has 2 unspecified atom stereocenters. The van der Waals surface area contributed by atoms with E-state index in [0.717, 1.165) is 40.1 Å². The molecular formula is C25H24N2O3. The summed E-state index contributed by atoms with van der Waals surface area (Å²) in [4.78, 5) is 16.1. The van der Waals surface area contributed by atoms with Crippen molar-refractivity contribution in [1.29, 1.82) is 0 Å². The van der Waals surface area contributed by atoms with E-state index in [1.54, 1.807) is 7.11 Å². The molecule has 5 nitrogen and oxygen atoms in total. The average molecular weight is 400 g/mol. The van der Waals surface area contributed by atoms with Gasteiger partial charge >= 0.3 is 5.97 Å². The number of aliphatic carboxylic acids is 1. The van der Waals surface area contributed by atoms with Crippen LogP contribution in [0, 0.1) is 5.92 Å². The molecule has 1 saturated carbocycles. The van der Waals surface area contributed by atoms with E-state index in [4.69, 9.17) is 9.94 Å². The number of nitrogens with zero attached hydrogens (tertiary/aromatic N) is 1. The molecule has 0 aliphatic heterocycles. The fourth-order valence-corrected chi connectivity index (χ4v) is 3.68. The van der Waals surface area contributed by atoms with Crippen molar-refractivity contribution in [3.8, 4) is 0 Å². The molecule has 152 valence electrons. The lowest BCUT2D eigenvalue weighted by atomic mass is 10.0. The fraction of sp³-hybridized carbons (Fsp3) is 0.200. The van der Waals surface area contributed by atoms with Crippen molar-refractivity contribution in [2.75, 3.05) is 12.4 Å². The van der Waals surface area contributed by atoms with Crippen molar-refractivity contribution < 1.29 is 14.7 Å².